The van der Waals surface area contributed by atoms with E-state index in [1.54, 1.807) is 33.8 Å². The van der Waals surface area contributed by atoms with Crippen LogP contribution < -0.4 is 16.4 Å². The van der Waals surface area contributed by atoms with Crippen molar-refractivity contribution in [1.82, 2.24) is 24.6 Å². The number of carbonyl (C=O) groups is 1. The zero-order valence-corrected chi connectivity index (χ0v) is 16.1. The van der Waals surface area contributed by atoms with Crippen LogP contribution in [0.15, 0.2) is 36.8 Å². The molecule has 0 spiro atoms. The molecule has 0 radical (unpaired) electrons. The van der Waals surface area contributed by atoms with Crippen molar-refractivity contribution in [3.05, 3.63) is 42.4 Å². The first-order valence-electron chi connectivity index (χ1n) is 9.29. The highest BCUT2D eigenvalue weighted by atomic mass is 19.4. The van der Waals surface area contributed by atoms with Crippen LogP contribution in [0.3, 0.4) is 0 Å². The molecule has 0 aliphatic carbocycles. The topological polar surface area (TPSA) is 101 Å². The predicted molar refractivity (Wildman–Crippen MR) is 106 cm³/mol. The van der Waals surface area contributed by atoms with Gasteiger partial charge in [0.2, 0.25) is 0 Å². The van der Waals surface area contributed by atoms with Gasteiger partial charge in [-0.15, -0.1) is 0 Å². The minimum absolute atomic E-state index is 0.242. The Hall–Kier alpha value is -3.34. The Balaban J connectivity index is 1.57. The molecule has 11 heteroatoms. The smallest absolute Gasteiger partial charge is 0.383 e. The lowest BCUT2D eigenvalue weighted by Crippen LogP contribution is -2.36. The number of imidazole rings is 1. The Bertz CT molecular complexity index is 1100. The fourth-order valence-corrected chi connectivity index (χ4v) is 3.45. The lowest BCUT2D eigenvalue weighted by atomic mass is 10.1. The number of urea groups is 1. The molecule has 4 heterocycles. The third kappa shape index (κ3) is 3.88. The van der Waals surface area contributed by atoms with Gasteiger partial charge in [-0.25, -0.2) is 14.8 Å². The van der Waals surface area contributed by atoms with Gasteiger partial charge in [0.25, 0.3) is 0 Å². The van der Waals surface area contributed by atoms with Crippen LogP contribution in [-0.4, -0.2) is 51.5 Å². The van der Waals surface area contributed by atoms with Gasteiger partial charge in [0, 0.05) is 42.7 Å². The lowest BCUT2D eigenvalue weighted by Gasteiger charge is -2.16. The van der Waals surface area contributed by atoms with Gasteiger partial charge >= 0.3 is 12.2 Å². The predicted octanol–water partition coefficient (Wildman–Crippen LogP) is 2.82. The Morgan fingerprint density at radius 2 is 2.07 bits per heavy atom. The van der Waals surface area contributed by atoms with E-state index in [9.17, 15) is 18.0 Å². The van der Waals surface area contributed by atoms with Crippen LogP contribution in [0.25, 0.3) is 16.8 Å². The van der Waals surface area contributed by atoms with Crippen molar-refractivity contribution < 1.29 is 18.0 Å². The van der Waals surface area contributed by atoms with E-state index in [4.69, 9.17) is 5.73 Å². The number of hydrogen-bond donors (Lipinski definition) is 3. The number of pyridine rings is 2. The molecule has 1 aliphatic rings. The van der Waals surface area contributed by atoms with Crippen molar-refractivity contribution in [3.63, 3.8) is 0 Å². The Kier molecular flexibility index (Phi) is 4.98. The number of nitrogen functional groups attached to an aromatic ring is 1. The normalized spacial score (nSPS) is 16.9. The molecule has 1 unspecified atom stereocenters. The van der Waals surface area contributed by atoms with E-state index in [1.165, 1.54) is 6.20 Å². The number of likely N-dealkylation sites (tertiary alicyclic amines) is 1. The number of nitrogens with one attached hydrogen (secondary N) is 2. The molecule has 3 aromatic heterocycles. The maximum Gasteiger partial charge on any atom is 0.419 e. The van der Waals surface area contributed by atoms with Gasteiger partial charge in [-0.3, -0.25) is 5.32 Å². The van der Waals surface area contributed by atoms with Crippen LogP contribution in [0, 0.1) is 0 Å². The summed E-state index contributed by atoms with van der Waals surface area (Å²) in [5, 5.41) is 5.91. The zero-order valence-electron chi connectivity index (χ0n) is 16.1. The second-order valence-corrected chi connectivity index (χ2v) is 7.11. The monoisotopic (exact) mass is 419 g/mol. The largest absolute Gasteiger partial charge is 0.419 e. The Morgan fingerprint density at radius 3 is 2.77 bits per heavy atom. The van der Waals surface area contributed by atoms with Gasteiger partial charge in [-0.1, -0.05) is 0 Å². The number of halogens is 3. The molecule has 158 valence electrons. The number of alkyl halides is 3. The molecule has 8 nitrogen and oxygen atoms in total. The number of likely N-dealkylation sites (N-methyl/N-ethyl adjacent to an activating group) is 1. The molecule has 1 fully saturated rings. The number of carbonyl (C=O) groups excluding carboxylic acids is 1. The van der Waals surface area contributed by atoms with E-state index in [2.05, 4.69) is 20.6 Å². The van der Waals surface area contributed by atoms with Crippen molar-refractivity contribution in [2.45, 2.75) is 18.6 Å². The first-order valence-corrected chi connectivity index (χ1v) is 9.29. The molecule has 1 atom stereocenters. The number of anilines is 2. The van der Waals surface area contributed by atoms with Crippen LogP contribution in [0.5, 0.6) is 0 Å². The van der Waals surface area contributed by atoms with E-state index in [0.717, 1.165) is 12.5 Å². The zero-order chi connectivity index (χ0) is 21.5. The summed E-state index contributed by atoms with van der Waals surface area (Å²) in [5.74, 6) is -0.209. The van der Waals surface area contributed by atoms with Gasteiger partial charge < -0.3 is 20.4 Å². The molecular formula is C19H20F3N7O. The van der Waals surface area contributed by atoms with Crippen LogP contribution in [0.4, 0.5) is 29.6 Å². The van der Waals surface area contributed by atoms with Gasteiger partial charge in [0.05, 0.1) is 11.8 Å². The quantitative estimate of drug-likeness (QED) is 0.606. The molecule has 0 aromatic carbocycles. The number of nitrogens with zero attached hydrogens (tertiary/aromatic N) is 4. The SMILES string of the molecule is CNC1CCN(C(=O)Nc2cn3cc(-c4cnc(N)c(C(F)(F)F)c4)ccc3n2)C1. The van der Waals surface area contributed by atoms with E-state index in [1.807, 2.05) is 7.05 Å². The fraction of sp³-hybridized carbons (Fsp3) is 0.316. The van der Waals surface area contributed by atoms with Crippen LogP contribution in [-0.2, 0) is 6.18 Å². The van der Waals surface area contributed by atoms with E-state index < -0.39 is 17.6 Å². The molecule has 3 aromatic rings. The molecule has 0 saturated carbocycles. The Morgan fingerprint density at radius 1 is 1.27 bits per heavy atom. The molecular weight excluding hydrogens is 399 g/mol. The minimum atomic E-state index is -4.59. The molecule has 4 rings (SSSR count). The highest BCUT2D eigenvalue weighted by molar-refractivity contribution is 5.89. The summed E-state index contributed by atoms with van der Waals surface area (Å²) in [5.41, 5.74) is 5.71. The second kappa shape index (κ2) is 7.48. The van der Waals surface area contributed by atoms with Crippen molar-refractivity contribution in [1.29, 1.82) is 0 Å². The van der Waals surface area contributed by atoms with Crippen LogP contribution in [0.2, 0.25) is 0 Å². The van der Waals surface area contributed by atoms with E-state index in [0.29, 0.717) is 30.1 Å². The fourth-order valence-electron chi connectivity index (χ4n) is 3.45. The van der Waals surface area contributed by atoms with Crippen molar-refractivity contribution >= 4 is 23.3 Å². The number of aromatic nitrogens is 3. The second-order valence-electron chi connectivity index (χ2n) is 7.11. The summed E-state index contributed by atoms with van der Waals surface area (Å²) < 4.78 is 41.0. The average molecular weight is 419 g/mol. The molecule has 0 bridgehead atoms. The molecule has 4 N–H and O–H groups in total. The molecule has 30 heavy (non-hydrogen) atoms. The number of fused-ring (bicyclic) bond motifs is 1. The van der Waals surface area contributed by atoms with Crippen LogP contribution in [0.1, 0.15) is 12.0 Å². The van der Waals surface area contributed by atoms with Gasteiger partial charge in [0.15, 0.2) is 5.82 Å². The molecule has 2 amide bonds. The third-order valence-corrected chi connectivity index (χ3v) is 5.13. The molecule has 1 aliphatic heterocycles. The summed E-state index contributed by atoms with van der Waals surface area (Å²) in [6.07, 6.45) is 0.812. The van der Waals surface area contributed by atoms with Crippen molar-refractivity contribution in [2.75, 3.05) is 31.2 Å². The molecule has 1 saturated heterocycles. The summed E-state index contributed by atoms with van der Waals surface area (Å²) in [7, 11) is 1.86. The van der Waals surface area contributed by atoms with Gasteiger partial charge in [-0.2, -0.15) is 13.2 Å². The van der Waals surface area contributed by atoms with Crippen LogP contribution >= 0.6 is 0 Å². The van der Waals surface area contributed by atoms with E-state index >= 15 is 0 Å². The summed E-state index contributed by atoms with van der Waals surface area (Å²) in [6.45, 7) is 1.27. The highest BCUT2D eigenvalue weighted by Crippen LogP contribution is 2.35. The van der Waals surface area contributed by atoms with E-state index in [-0.39, 0.29) is 17.6 Å². The lowest BCUT2D eigenvalue weighted by molar-refractivity contribution is -0.137. The number of amides is 2. The highest BCUT2D eigenvalue weighted by Gasteiger charge is 2.34. The average Bonchev–Trinajstić information content (AvgIpc) is 3.33. The first-order chi connectivity index (χ1) is 14.2. The Labute approximate surface area is 169 Å². The summed E-state index contributed by atoms with van der Waals surface area (Å²) in [6, 6.07) is 4.29. The third-order valence-electron chi connectivity index (χ3n) is 5.13. The first kappa shape index (κ1) is 20.0. The summed E-state index contributed by atoms with van der Waals surface area (Å²) >= 11 is 0. The minimum Gasteiger partial charge on any atom is -0.383 e. The van der Waals surface area contributed by atoms with Gasteiger partial charge in [-0.05, 0) is 31.7 Å². The van der Waals surface area contributed by atoms with Gasteiger partial charge in [0.1, 0.15) is 11.5 Å². The number of hydrogen-bond acceptors (Lipinski definition) is 5. The number of rotatable bonds is 3. The van der Waals surface area contributed by atoms with Crippen molar-refractivity contribution in [2.24, 2.45) is 0 Å². The number of nitrogens with two attached hydrogens (primary N) is 1. The van der Waals surface area contributed by atoms with Crippen molar-refractivity contribution in [3.8, 4) is 11.1 Å². The maximum absolute atomic E-state index is 13.1. The maximum atomic E-state index is 13.1. The summed E-state index contributed by atoms with van der Waals surface area (Å²) in [4.78, 5) is 22.1. The standard InChI is InChI=1S/C19H20F3N7O/c1-24-13-4-5-28(9-13)18(30)27-15-10-29-8-11(2-3-16(29)26-15)12-6-14(19(20,21)22)17(23)25-7-12/h2-3,6-8,10,13,24H,4-5,9H2,1H3,(H2,23,25)(H,27,30).